The van der Waals surface area contributed by atoms with E-state index in [0.29, 0.717) is 18.5 Å². The summed E-state index contributed by atoms with van der Waals surface area (Å²) in [6.07, 6.45) is -1.60. The summed E-state index contributed by atoms with van der Waals surface area (Å²) in [4.78, 5) is 107. The normalized spacial score (nSPS) is 16.5. The number of aliphatic imine (C=N–C) groups is 1. The summed E-state index contributed by atoms with van der Waals surface area (Å²) >= 11 is 0. The van der Waals surface area contributed by atoms with Crippen molar-refractivity contribution in [3.05, 3.63) is 71.8 Å². The molecule has 356 valence electrons. The molecule has 1 saturated heterocycles. The second-order valence-corrected chi connectivity index (χ2v) is 15.8. The van der Waals surface area contributed by atoms with Gasteiger partial charge >= 0.3 is 17.9 Å². The lowest BCUT2D eigenvalue weighted by atomic mass is 10.0. The van der Waals surface area contributed by atoms with Gasteiger partial charge in [-0.05, 0) is 76.0 Å². The van der Waals surface area contributed by atoms with Crippen LogP contribution in [0.15, 0.2) is 65.7 Å². The molecule has 5 amide bonds. The predicted octanol–water partition coefficient (Wildman–Crippen LogP) is -2.15. The van der Waals surface area contributed by atoms with Gasteiger partial charge in [0.25, 0.3) is 0 Å². The number of benzene rings is 2. The van der Waals surface area contributed by atoms with Crippen LogP contribution in [-0.4, -0.2) is 142 Å². The maximum Gasteiger partial charge on any atom is 0.326 e. The van der Waals surface area contributed by atoms with Crippen LogP contribution in [-0.2, 0) is 51.2 Å². The predicted molar refractivity (Wildman–Crippen MR) is 236 cm³/mol. The third-order valence-corrected chi connectivity index (χ3v) is 10.4. The number of carbonyl (C=O) groups is 8. The lowest BCUT2D eigenvalue weighted by Crippen LogP contribution is -2.60. The average molecular weight is 911 g/mol. The van der Waals surface area contributed by atoms with E-state index in [2.05, 4.69) is 42.2 Å². The van der Waals surface area contributed by atoms with Crippen molar-refractivity contribution < 1.29 is 58.8 Å². The fourth-order valence-corrected chi connectivity index (χ4v) is 6.97. The minimum Gasteiger partial charge on any atom is -0.481 e. The molecule has 1 aliphatic heterocycles. The summed E-state index contributed by atoms with van der Waals surface area (Å²) < 4.78 is 0. The monoisotopic (exact) mass is 910 g/mol. The number of aliphatic hydroxyl groups is 1. The topological polar surface area (TPSA) is 366 Å². The Morgan fingerprint density at radius 1 is 0.692 bits per heavy atom. The lowest BCUT2D eigenvalue weighted by Gasteiger charge is -2.28. The van der Waals surface area contributed by atoms with Crippen LogP contribution in [0.1, 0.15) is 69.4 Å². The highest BCUT2D eigenvalue weighted by Gasteiger charge is 2.34. The molecule has 8 unspecified atom stereocenters. The second kappa shape index (κ2) is 27.5. The summed E-state index contributed by atoms with van der Waals surface area (Å²) in [6.45, 7) is 1.86. The zero-order chi connectivity index (χ0) is 47.9. The molecule has 2 aromatic rings. The standard InChI is InChI=1S/C43H62N10O12/c1-25(54)36(53-37(59)29-14-8-20-46-29)41(63)51-31(16-18-34(55)56)38(60)49-28(22-26-10-4-2-5-11-26)24-48-33(23-27-12-6-3-7-13-27)40(62)50-30(15-9-21-47-43(44)45)39(61)52-32(42(64)65)17-19-35(57)58/h2-7,10-13,25,28-33,36,46,48,54H,8-9,14-24H2,1H3,(H,49,60)(H,50,62)(H,51,63)(H,52,61)(H,53,59)(H,55,56)(H,57,58)(H,64,65)(H4,44,45,47). The minimum absolute atomic E-state index is 0.0507. The number of carbonyl (C=O) groups excluding carboxylic acids is 5. The first kappa shape index (κ1) is 52.7. The van der Waals surface area contributed by atoms with Gasteiger partial charge in [0.2, 0.25) is 29.5 Å². The molecule has 0 aromatic heterocycles. The largest absolute Gasteiger partial charge is 0.481 e. The highest BCUT2D eigenvalue weighted by Crippen LogP contribution is 2.11. The Kier molecular flexibility index (Phi) is 22.3. The fraction of sp³-hybridized carbons (Fsp3) is 0.512. The molecule has 22 heteroatoms. The van der Waals surface area contributed by atoms with E-state index in [0.717, 1.165) is 12.0 Å². The molecule has 1 fully saturated rings. The zero-order valence-electron chi connectivity index (χ0n) is 36.2. The Morgan fingerprint density at radius 3 is 1.75 bits per heavy atom. The molecular formula is C43H62N10O12. The molecular weight excluding hydrogens is 849 g/mol. The smallest absolute Gasteiger partial charge is 0.326 e. The molecule has 0 radical (unpaired) electrons. The molecule has 3 rings (SSSR count). The number of guanidine groups is 1. The van der Waals surface area contributed by atoms with Crippen molar-refractivity contribution in [3.63, 3.8) is 0 Å². The average Bonchev–Trinajstić information content (AvgIpc) is 3.81. The quantitative estimate of drug-likeness (QED) is 0.0235. The lowest BCUT2D eigenvalue weighted by molar-refractivity contribution is -0.143. The molecule has 0 spiro atoms. The maximum absolute atomic E-state index is 14.2. The van der Waals surface area contributed by atoms with Crippen LogP contribution >= 0.6 is 0 Å². The fourth-order valence-electron chi connectivity index (χ4n) is 6.97. The van der Waals surface area contributed by atoms with Gasteiger partial charge in [-0.2, -0.15) is 0 Å². The van der Waals surface area contributed by atoms with Crippen LogP contribution in [0.3, 0.4) is 0 Å². The van der Waals surface area contributed by atoms with Crippen molar-refractivity contribution in [2.24, 2.45) is 16.5 Å². The highest BCUT2D eigenvalue weighted by molar-refractivity contribution is 5.94. The SMILES string of the molecule is CC(O)C(NC(=O)C1CCCN1)C(=O)NC(CCC(=O)O)C(=O)NC(CNC(Cc1ccccc1)C(=O)NC(CCCN=C(N)N)C(=O)NC(CCC(=O)O)C(=O)O)Cc1ccccc1. The summed E-state index contributed by atoms with van der Waals surface area (Å²) in [5.41, 5.74) is 12.4. The second-order valence-electron chi connectivity index (χ2n) is 15.8. The van der Waals surface area contributed by atoms with Crippen LogP contribution < -0.4 is 48.7 Å². The van der Waals surface area contributed by atoms with E-state index < -0.39 is 115 Å². The molecule has 15 N–H and O–H groups in total. The number of amides is 5. The van der Waals surface area contributed by atoms with Crippen molar-refractivity contribution in [1.82, 2.24) is 37.2 Å². The first-order valence-corrected chi connectivity index (χ1v) is 21.4. The molecule has 0 saturated carbocycles. The number of nitrogens with zero attached hydrogens (tertiary/aromatic N) is 1. The number of hydrogen-bond donors (Lipinski definition) is 13. The van der Waals surface area contributed by atoms with E-state index in [1.807, 2.05) is 0 Å². The number of carboxylic acid groups (broad SMARTS) is 3. The first-order valence-electron chi connectivity index (χ1n) is 21.4. The van der Waals surface area contributed by atoms with E-state index in [1.165, 1.54) is 6.92 Å². The summed E-state index contributed by atoms with van der Waals surface area (Å²) in [5, 5.41) is 57.9. The van der Waals surface area contributed by atoms with Gasteiger partial charge in [-0.15, -0.1) is 0 Å². The molecule has 2 aromatic carbocycles. The van der Waals surface area contributed by atoms with Crippen molar-refractivity contribution in [2.75, 3.05) is 19.6 Å². The van der Waals surface area contributed by atoms with E-state index in [1.54, 1.807) is 60.7 Å². The van der Waals surface area contributed by atoms with Crippen LogP contribution in [0.2, 0.25) is 0 Å². The minimum atomic E-state index is -1.58. The molecule has 1 heterocycles. The number of aliphatic carboxylic acids is 3. The zero-order valence-corrected chi connectivity index (χ0v) is 36.2. The Labute approximate surface area is 376 Å². The van der Waals surface area contributed by atoms with E-state index in [9.17, 15) is 53.7 Å². The van der Waals surface area contributed by atoms with Gasteiger partial charge in [-0.25, -0.2) is 4.79 Å². The van der Waals surface area contributed by atoms with Crippen LogP contribution in [0, 0.1) is 0 Å². The van der Waals surface area contributed by atoms with E-state index in [-0.39, 0.29) is 51.2 Å². The van der Waals surface area contributed by atoms with Crippen molar-refractivity contribution in [1.29, 1.82) is 0 Å². The Bertz CT molecular complexity index is 1930. The van der Waals surface area contributed by atoms with Gasteiger partial charge in [0.1, 0.15) is 24.2 Å². The van der Waals surface area contributed by atoms with Crippen LogP contribution in [0.5, 0.6) is 0 Å². The van der Waals surface area contributed by atoms with Crippen LogP contribution in [0.25, 0.3) is 0 Å². The number of rotatable bonds is 29. The van der Waals surface area contributed by atoms with Gasteiger partial charge in [-0.1, -0.05) is 60.7 Å². The molecule has 0 bridgehead atoms. The number of aliphatic hydroxyl groups excluding tert-OH is 1. The summed E-state index contributed by atoms with van der Waals surface area (Å²) in [5.74, 6) is -8.00. The van der Waals surface area contributed by atoms with Crippen molar-refractivity contribution in [2.45, 2.75) is 120 Å². The third-order valence-electron chi connectivity index (χ3n) is 10.4. The third kappa shape index (κ3) is 19.7. The molecule has 22 nitrogen and oxygen atoms in total. The van der Waals surface area contributed by atoms with E-state index in [4.69, 9.17) is 16.6 Å². The Hall–Kier alpha value is -6.65. The highest BCUT2D eigenvalue weighted by atomic mass is 16.4. The van der Waals surface area contributed by atoms with Crippen molar-refractivity contribution in [3.8, 4) is 0 Å². The molecule has 0 aliphatic carbocycles. The van der Waals surface area contributed by atoms with Crippen molar-refractivity contribution >= 4 is 53.4 Å². The molecule has 8 atom stereocenters. The molecule has 1 aliphatic rings. The van der Waals surface area contributed by atoms with Gasteiger partial charge in [0.15, 0.2) is 5.96 Å². The van der Waals surface area contributed by atoms with Gasteiger partial charge in [0, 0.05) is 32.0 Å². The van der Waals surface area contributed by atoms with Gasteiger partial charge in [0.05, 0.1) is 18.2 Å². The number of hydrogen-bond acceptors (Lipinski definition) is 12. The van der Waals surface area contributed by atoms with Gasteiger partial charge < -0.3 is 69.1 Å². The first-order chi connectivity index (χ1) is 30.9. The van der Waals surface area contributed by atoms with E-state index >= 15 is 0 Å². The Morgan fingerprint density at radius 2 is 1.22 bits per heavy atom. The van der Waals surface area contributed by atoms with Gasteiger partial charge in [-0.3, -0.25) is 38.6 Å². The number of carboxylic acids is 3. The summed E-state index contributed by atoms with van der Waals surface area (Å²) in [6, 6.07) is 9.51. The Balaban J connectivity index is 1.90. The van der Waals surface area contributed by atoms with Crippen LogP contribution in [0.4, 0.5) is 0 Å². The molecule has 65 heavy (non-hydrogen) atoms. The number of nitrogens with one attached hydrogen (secondary N) is 7. The maximum atomic E-state index is 14.2. The summed E-state index contributed by atoms with van der Waals surface area (Å²) in [7, 11) is 0. The number of nitrogens with two attached hydrogens (primary N) is 2.